The number of carbonyl (C=O) groups is 1. The lowest BCUT2D eigenvalue weighted by molar-refractivity contribution is 0.0995. The van der Waals surface area contributed by atoms with Crippen LogP contribution in [-0.4, -0.2) is 10.9 Å². The van der Waals surface area contributed by atoms with Gasteiger partial charge in [0, 0.05) is 5.56 Å². The highest BCUT2D eigenvalue weighted by Crippen LogP contribution is 2.15. The first-order valence-electron chi connectivity index (χ1n) is 3.85. The van der Waals surface area contributed by atoms with E-state index in [1.165, 1.54) is 0 Å². The normalized spacial score (nSPS) is 13.2. The minimum Gasteiger partial charge on any atom is -0.496 e. The van der Waals surface area contributed by atoms with E-state index in [2.05, 4.69) is 4.98 Å². The Kier molecular flexibility index (Phi) is 1.73. The summed E-state index contributed by atoms with van der Waals surface area (Å²) in [6, 6.07) is 3.40. The second-order valence-corrected chi connectivity index (χ2v) is 2.72. The SMILES string of the molecule is NC(=O)c1ccc2c(n1)C=COC2. The lowest BCUT2D eigenvalue weighted by Crippen LogP contribution is -2.14. The third-order valence-corrected chi connectivity index (χ3v) is 1.83. The van der Waals surface area contributed by atoms with Crippen molar-refractivity contribution in [2.24, 2.45) is 5.73 Å². The van der Waals surface area contributed by atoms with Crippen molar-refractivity contribution < 1.29 is 9.53 Å². The fourth-order valence-corrected chi connectivity index (χ4v) is 1.16. The molecule has 0 saturated heterocycles. The van der Waals surface area contributed by atoms with E-state index in [9.17, 15) is 4.79 Å². The van der Waals surface area contributed by atoms with Crippen LogP contribution < -0.4 is 5.73 Å². The molecule has 2 rings (SSSR count). The molecule has 1 aromatic rings. The van der Waals surface area contributed by atoms with Gasteiger partial charge in [0.05, 0.1) is 12.0 Å². The third kappa shape index (κ3) is 1.38. The molecule has 4 nitrogen and oxygen atoms in total. The zero-order valence-corrected chi connectivity index (χ0v) is 6.86. The first-order chi connectivity index (χ1) is 6.27. The van der Waals surface area contributed by atoms with E-state index in [1.54, 1.807) is 24.5 Å². The van der Waals surface area contributed by atoms with Crippen molar-refractivity contribution >= 4 is 12.0 Å². The lowest BCUT2D eigenvalue weighted by atomic mass is 10.1. The Balaban J connectivity index is 2.48. The molecule has 0 saturated carbocycles. The summed E-state index contributed by atoms with van der Waals surface area (Å²) >= 11 is 0. The molecule has 0 radical (unpaired) electrons. The summed E-state index contributed by atoms with van der Waals surface area (Å²) in [6.07, 6.45) is 3.27. The van der Waals surface area contributed by atoms with E-state index >= 15 is 0 Å². The van der Waals surface area contributed by atoms with Gasteiger partial charge in [0.2, 0.25) is 0 Å². The Morgan fingerprint density at radius 1 is 1.54 bits per heavy atom. The maximum absolute atomic E-state index is 10.8. The number of primary amides is 1. The largest absolute Gasteiger partial charge is 0.496 e. The molecular weight excluding hydrogens is 168 g/mol. The molecule has 1 amide bonds. The van der Waals surface area contributed by atoms with Crippen molar-refractivity contribution in [3.05, 3.63) is 35.3 Å². The van der Waals surface area contributed by atoms with Gasteiger partial charge in [-0.2, -0.15) is 0 Å². The van der Waals surface area contributed by atoms with E-state index in [4.69, 9.17) is 10.5 Å². The predicted molar refractivity (Wildman–Crippen MR) is 46.6 cm³/mol. The zero-order valence-electron chi connectivity index (χ0n) is 6.86. The van der Waals surface area contributed by atoms with Crippen molar-refractivity contribution in [2.75, 3.05) is 0 Å². The summed E-state index contributed by atoms with van der Waals surface area (Å²) in [5, 5.41) is 0. The van der Waals surface area contributed by atoms with Crippen molar-refractivity contribution in [3.8, 4) is 0 Å². The summed E-state index contributed by atoms with van der Waals surface area (Å²) in [5.74, 6) is -0.511. The van der Waals surface area contributed by atoms with Crippen molar-refractivity contribution in [2.45, 2.75) is 6.61 Å². The van der Waals surface area contributed by atoms with Crippen LogP contribution in [-0.2, 0) is 11.3 Å². The van der Waals surface area contributed by atoms with Gasteiger partial charge in [0.25, 0.3) is 5.91 Å². The number of amides is 1. The highest BCUT2D eigenvalue weighted by molar-refractivity contribution is 5.91. The molecule has 1 aliphatic heterocycles. The van der Waals surface area contributed by atoms with Crippen LogP contribution >= 0.6 is 0 Å². The molecular formula is C9H8N2O2. The van der Waals surface area contributed by atoms with Crippen LogP contribution in [0.2, 0.25) is 0 Å². The number of nitrogens with two attached hydrogens (primary N) is 1. The molecule has 2 N–H and O–H groups in total. The van der Waals surface area contributed by atoms with Gasteiger partial charge in [-0.05, 0) is 12.1 Å². The molecule has 0 fully saturated rings. The summed E-state index contributed by atoms with van der Waals surface area (Å²) in [5.41, 5.74) is 7.09. The van der Waals surface area contributed by atoms with Crippen LogP contribution in [0.25, 0.3) is 6.08 Å². The molecule has 4 heteroatoms. The van der Waals surface area contributed by atoms with E-state index in [-0.39, 0.29) is 5.69 Å². The lowest BCUT2D eigenvalue weighted by Gasteiger charge is -2.10. The smallest absolute Gasteiger partial charge is 0.267 e. The molecule has 0 unspecified atom stereocenters. The quantitative estimate of drug-likeness (QED) is 0.684. The van der Waals surface area contributed by atoms with Gasteiger partial charge in [-0.3, -0.25) is 4.79 Å². The maximum atomic E-state index is 10.8. The molecule has 1 aliphatic rings. The Hall–Kier alpha value is -1.84. The Morgan fingerprint density at radius 2 is 2.38 bits per heavy atom. The standard InChI is InChI=1S/C9H8N2O2/c10-9(12)8-2-1-6-5-13-4-3-7(6)11-8/h1-4H,5H2,(H2,10,12). The number of pyridine rings is 1. The number of hydrogen-bond acceptors (Lipinski definition) is 3. The van der Waals surface area contributed by atoms with Crippen LogP contribution in [0.1, 0.15) is 21.7 Å². The summed E-state index contributed by atoms with van der Waals surface area (Å²) in [4.78, 5) is 14.9. The maximum Gasteiger partial charge on any atom is 0.267 e. The molecule has 0 spiro atoms. The average Bonchev–Trinajstić information content (AvgIpc) is 2.17. The van der Waals surface area contributed by atoms with Crippen LogP contribution in [0.3, 0.4) is 0 Å². The van der Waals surface area contributed by atoms with Gasteiger partial charge >= 0.3 is 0 Å². The van der Waals surface area contributed by atoms with Gasteiger partial charge in [-0.1, -0.05) is 6.07 Å². The van der Waals surface area contributed by atoms with Crippen molar-refractivity contribution in [1.29, 1.82) is 0 Å². The van der Waals surface area contributed by atoms with Crippen LogP contribution in [0.15, 0.2) is 18.4 Å². The number of carbonyl (C=O) groups excluding carboxylic acids is 1. The monoisotopic (exact) mass is 176 g/mol. The highest BCUT2D eigenvalue weighted by atomic mass is 16.5. The number of hydrogen-bond donors (Lipinski definition) is 1. The fourth-order valence-electron chi connectivity index (χ4n) is 1.16. The minimum atomic E-state index is -0.511. The first-order valence-corrected chi connectivity index (χ1v) is 3.85. The van der Waals surface area contributed by atoms with Crippen molar-refractivity contribution in [1.82, 2.24) is 4.98 Å². The van der Waals surface area contributed by atoms with Gasteiger partial charge in [0.15, 0.2) is 0 Å². The van der Waals surface area contributed by atoms with E-state index in [1.807, 2.05) is 0 Å². The molecule has 0 aromatic carbocycles. The topological polar surface area (TPSA) is 65.2 Å². The number of nitrogens with zero attached hydrogens (tertiary/aromatic N) is 1. The number of aromatic nitrogens is 1. The van der Waals surface area contributed by atoms with Gasteiger partial charge in [-0.25, -0.2) is 4.98 Å². The van der Waals surface area contributed by atoms with E-state index < -0.39 is 5.91 Å². The molecule has 1 aromatic heterocycles. The Morgan fingerprint density at radius 3 is 3.15 bits per heavy atom. The molecule has 0 aliphatic carbocycles. The summed E-state index contributed by atoms with van der Waals surface area (Å²) in [7, 11) is 0. The van der Waals surface area contributed by atoms with E-state index in [0.29, 0.717) is 6.61 Å². The molecule has 0 atom stereocenters. The van der Waals surface area contributed by atoms with Gasteiger partial charge < -0.3 is 10.5 Å². The predicted octanol–water partition coefficient (Wildman–Crippen LogP) is 0.681. The molecule has 0 bridgehead atoms. The second-order valence-electron chi connectivity index (χ2n) is 2.72. The van der Waals surface area contributed by atoms with Crippen LogP contribution in [0.4, 0.5) is 0 Å². The minimum absolute atomic E-state index is 0.283. The number of rotatable bonds is 1. The molecule has 66 valence electrons. The summed E-state index contributed by atoms with van der Waals surface area (Å²) < 4.78 is 5.06. The average molecular weight is 176 g/mol. The third-order valence-electron chi connectivity index (χ3n) is 1.83. The Labute approximate surface area is 75.0 Å². The number of fused-ring (bicyclic) bond motifs is 1. The summed E-state index contributed by atoms with van der Waals surface area (Å²) in [6.45, 7) is 0.498. The zero-order chi connectivity index (χ0) is 9.26. The fraction of sp³-hybridized carbons (Fsp3) is 0.111. The Bertz CT molecular complexity index is 385. The number of ether oxygens (including phenoxy) is 1. The van der Waals surface area contributed by atoms with Crippen LogP contribution in [0.5, 0.6) is 0 Å². The van der Waals surface area contributed by atoms with Crippen LogP contribution in [0, 0.1) is 0 Å². The molecule has 2 heterocycles. The van der Waals surface area contributed by atoms with Gasteiger partial charge in [-0.15, -0.1) is 0 Å². The molecule has 13 heavy (non-hydrogen) atoms. The van der Waals surface area contributed by atoms with E-state index in [0.717, 1.165) is 11.3 Å². The first kappa shape index (κ1) is 7.79. The van der Waals surface area contributed by atoms with Crippen molar-refractivity contribution in [3.63, 3.8) is 0 Å². The highest BCUT2D eigenvalue weighted by Gasteiger charge is 2.09. The second kappa shape index (κ2) is 2.90. The van der Waals surface area contributed by atoms with Gasteiger partial charge in [0.1, 0.15) is 12.3 Å².